The van der Waals surface area contributed by atoms with Gasteiger partial charge in [-0.2, -0.15) is 0 Å². The van der Waals surface area contributed by atoms with Gasteiger partial charge in [-0.05, 0) is 17.7 Å². The average Bonchev–Trinajstić information content (AvgIpc) is 2.50. The molecule has 1 amide bonds. The number of nitrogens with zero attached hydrogens (tertiary/aromatic N) is 2. The van der Waals surface area contributed by atoms with Gasteiger partial charge < -0.3 is 10.0 Å². The summed E-state index contributed by atoms with van der Waals surface area (Å²) < 4.78 is 12.8. The van der Waals surface area contributed by atoms with E-state index in [-0.39, 0.29) is 18.3 Å². The molecule has 114 valence electrons. The summed E-state index contributed by atoms with van der Waals surface area (Å²) in [7, 11) is 0. The second kappa shape index (κ2) is 7.90. The van der Waals surface area contributed by atoms with Gasteiger partial charge in [0.25, 0.3) is 0 Å². The van der Waals surface area contributed by atoms with Gasteiger partial charge in [0.15, 0.2) is 0 Å². The van der Waals surface area contributed by atoms with Gasteiger partial charge in [0, 0.05) is 39.1 Å². The molecular formula is C16H21FN2O2. The number of hydrogen-bond donors (Lipinski definition) is 1. The fourth-order valence-corrected chi connectivity index (χ4v) is 2.36. The standard InChI is InChI=1S/C16H21FN2O2/c17-15-6-4-14(5-7-15)2-1-3-16(21)19-10-8-18(9-11-19)12-13-20/h1-2,4-7,20H,3,8-13H2. The number of amides is 1. The average molecular weight is 292 g/mol. The van der Waals surface area contributed by atoms with Crippen LogP contribution in [0.5, 0.6) is 0 Å². The topological polar surface area (TPSA) is 43.8 Å². The largest absolute Gasteiger partial charge is 0.395 e. The van der Waals surface area contributed by atoms with E-state index < -0.39 is 0 Å². The molecule has 0 spiro atoms. The lowest BCUT2D eigenvalue weighted by atomic mass is 10.2. The third-order valence-corrected chi connectivity index (χ3v) is 3.61. The normalized spacial score (nSPS) is 16.6. The van der Waals surface area contributed by atoms with Crippen LogP contribution in [0.4, 0.5) is 4.39 Å². The highest BCUT2D eigenvalue weighted by molar-refractivity contribution is 5.78. The Bertz CT molecular complexity index is 480. The third-order valence-electron chi connectivity index (χ3n) is 3.61. The number of aliphatic hydroxyl groups is 1. The predicted molar refractivity (Wildman–Crippen MR) is 80.2 cm³/mol. The van der Waals surface area contributed by atoms with Crippen molar-refractivity contribution in [3.8, 4) is 0 Å². The van der Waals surface area contributed by atoms with Gasteiger partial charge in [-0.1, -0.05) is 24.3 Å². The lowest BCUT2D eigenvalue weighted by molar-refractivity contribution is -0.132. The summed E-state index contributed by atoms with van der Waals surface area (Å²) in [5.41, 5.74) is 0.886. The number of halogens is 1. The monoisotopic (exact) mass is 292 g/mol. The van der Waals surface area contributed by atoms with Crippen molar-refractivity contribution in [2.24, 2.45) is 0 Å². The number of aliphatic hydroxyl groups excluding tert-OH is 1. The van der Waals surface area contributed by atoms with Crippen molar-refractivity contribution in [2.45, 2.75) is 6.42 Å². The van der Waals surface area contributed by atoms with E-state index in [0.717, 1.165) is 18.7 Å². The molecule has 1 N–H and O–H groups in total. The maximum absolute atomic E-state index is 12.8. The summed E-state index contributed by atoms with van der Waals surface area (Å²) in [6, 6.07) is 6.18. The van der Waals surface area contributed by atoms with Crippen LogP contribution in [0.1, 0.15) is 12.0 Å². The van der Waals surface area contributed by atoms with Crippen LogP contribution in [0, 0.1) is 5.82 Å². The first-order valence-corrected chi connectivity index (χ1v) is 7.22. The Hall–Kier alpha value is -1.72. The number of carbonyl (C=O) groups is 1. The molecule has 1 aliphatic rings. The molecular weight excluding hydrogens is 271 g/mol. The fraction of sp³-hybridized carbons (Fsp3) is 0.438. The molecule has 0 unspecified atom stereocenters. The minimum absolute atomic E-state index is 0.108. The van der Waals surface area contributed by atoms with Crippen LogP contribution in [-0.4, -0.2) is 60.1 Å². The maximum Gasteiger partial charge on any atom is 0.226 e. The van der Waals surface area contributed by atoms with Gasteiger partial charge in [-0.15, -0.1) is 0 Å². The van der Waals surface area contributed by atoms with Gasteiger partial charge in [0.1, 0.15) is 5.82 Å². The molecule has 1 aliphatic heterocycles. The summed E-state index contributed by atoms with van der Waals surface area (Å²) >= 11 is 0. The van der Waals surface area contributed by atoms with E-state index >= 15 is 0 Å². The number of rotatable bonds is 5. The van der Waals surface area contributed by atoms with E-state index in [0.29, 0.717) is 26.1 Å². The number of piperazine rings is 1. The van der Waals surface area contributed by atoms with Crippen LogP contribution in [0.25, 0.3) is 6.08 Å². The smallest absolute Gasteiger partial charge is 0.226 e. The first kappa shape index (κ1) is 15.7. The van der Waals surface area contributed by atoms with Crippen LogP contribution in [0.2, 0.25) is 0 Å². The highest BCUT2D eigenvalue weighted by Gasteiger charge is 2.19. The van der Waals surface area contributed by atoms with Crippen LogP contribution in [0.15, 0.2) is 30.3 Å². The van der Waals surface area contributed by atoms with Crippen LogP contribution < -0.4 is 0 Å². The summed E-state index contributed by atoms with van der Waals surface area (Å²) in [5, 5.41) is 8.88. The number of hydrogen-bond acceptors (Lipinski definition) is 3. The molecule has 0 atom stereocenters. The Morgan fingerprint density at radius 1 is 1.19 bits per heavy atom. The van der Waals surface area contributed by atoms with Crippen LogP contribution in [-0.2, 0) is 4.79 Å². The zero-order valence-electron chi connectivity index (χ0n) is 12.0. The Balaban J connectivity index is 1.76. The molecule has 2 rings (SSSR count). The molecule has 1 heterocycles. The van der Waals surface area contributed by atoms with E-state index in [1.165, 1.54) is 12.1 Å². The van der Waals surface area contributed by atoms with Gasteiger partial charge in [0.05, 0.1) is 6.61 Å². The molecule has 4 nitrogen and oxygen atoms in total. The van der Waals surface area contributed by atoms with E-state index in [2.05, 4.69) is 4.90 Å². The number of benzene rings is 1. The summed E-state index contributed by atoms with van der Waals surface area (Å²) in [5.74, 6) is -0.152. The Morgan fingerprint density at radius 2 is 1.86 bits per heavy atom. The van der Waals surface area contributed by atoms with Crippen molar-refractivity contribution in [2.75, 3.05) is 39.3 Å². The second-order valence-electron chi connectivity index (χ2n) is 5.10. The van der Waals surface area contributed by atoms with E-state index in [1.54, 1.807) is 12.1 Å². The Kier molecular flexibility index (Phi) is 5.90. The maximum atomic E-state index is 12.8. The quantitative estimate of drug-likeness (QED) is 0.891. The van der Waals surface area contributed by atoms with Crippen molar-refractivity contribution in [1.29, 1.82) is 0 Å². The van der Waals surface area contributed by atoms with E-state index in [4.69, 9.17) is 5.11 Å². The molecule has 1 fully saturated rings. The zero-order chi connectivity index (χ0) is 15.1. The van der Waals surface area contributed by atoms with Crippen LogP contribution >= 0.6 is 0 Å². The molecule has 0 bridgehead atoms. The van der Waals surface area contributed by atoms with Crippen molar-refractivity contribution in [3.63, 3.8) is 0 Å². The zero-order valence-corrected chi connectivity index (χ0v) is 12.0. The Morgan fingerprint density at radius 3 is 2.48 bits per heavy atom. The van der Waals surface area contributed by atoms with Crippen molar-refractivity contribution in [1.82, 2.24) is 9.80 Å². The molecule has 0 saturated carbocycles. The van der Waals surface area contributed by atoms with Gasteiger partial charge in [-0.25, -0.2) is 4.39 Å². The van der Waals surface area contributed by atoms with Gasteiger partial charge in [-0.3, -0.25) is 9.69 Å². The van der Waals surface area contributed by atoms with Gasteiger partial charge >= 0.3 is 0 Å². The van der Waals surface area contributed by atoms with Crippen LogP contribution in [0.3, 0.4) is 0 Å². The molecule has 0 aliphatic carbocycles. The van der Waals surface area contributed by atoms with E-state index in [1.807, 2.05) is 17.1 Å². The van der Waals surface area contributed by atoms with Gasteiger partial charge in [0.2, 0.25) is 5.91 Å². The summed E-state index contributed by atoms with van der Waals surface area (Å²) in [6.07, 6.45) is 4.01. The van der Waals surface area contributed by atoms with Crippen molar-refractivity contribution < 1.29 is 14.3 Å². The molecule has 0 radical (unpaired) electrons. The minimum atomic E-state index is -0.260. The highest BCUT2D eigenvalue weighted by atomic mass is 19.1. The minimum Gasteiger partial charge on any atom is -0.395 e. The second-order valence-corrected chi connectivity index (χ2v) is 5.10. The lowest BCUT2D eigenvalue weighted by Gasteiger charge is -2.34. The molecule has 1 saturated heterocycles. The molecule has 0 aromatic heterocycles. The summed E-state index contributed by atoms with van der Waals surface area (Å²) in [6.45, 7) is 3.88. The first-order valence-electron chi connectivity index (χ1n) is 7.22. The summed E-state index contributed by atoms with van der Waals surface area (Å²) in [4.78, 5) is 16.1. The number of β-amino-alcohol motifs (C(OH)–C–C–N with tert-alkyl or cyclic N) is 1. The predicted octanol–water partition coefficient (Wildman–Crippen LogP) is 1.37. The van der Waals surface area contributed by atoms with Crippen molar-refractivity contribution in [3.05, 3.63) is 41.7 Å². The SMILES string of the molecule is O=C(CC=Cc1ccc(F)cc1)N1CCN(CCO)CC1. The fourth-order valence-electron chi connectivity index (χ4n) is 2.36. The third kappa shape index (κ3) is 4.95. The van der Waals surface area contributed by atoms with Crippen molar-refractivity contribution >= 4 is 12.0 Å². The number of carbonyl (C=O) groups excluding carboxylic acids is 1. The lowest BCUT2D eigenvalue weighted by Crippen LogP contribution is -2.49. The molecule has 21 heavy (non-hydrogen) atoms. The molecule has 1 aromatic rings. The Labute approximate surface area is 124 Å². The molecule has 5 heteroatoms. The molecule has 1 aromatic carbocycles. The van der Waals surface area contributed by atoms with E-state index in [9.17, 15) is 9.18 Å². The highest BCUT2D eigenvalue weighted by Crippen LogP contribution is 2.07. The first-order chi connectivity index (χ1) is 10.2.